The molecule has 1 aromatic heterocycles. The van der Waals surface area contributed by atoms with Gasteiger partial charge in [-0.15, -0.1) is 0 Å². The van der Waals surface area contributed by atoms with Crippen molar-refractivity contribution in [2.24, 2.45) is 11.8 Å². The molecule has 2 heterocycles. The Morgan fingerprint density at radius 3 is 2.69 bits per heavy atom. The largest absolute Gasteiger partial charge is 0.397 e. The van der Waals surface area contributed by atoms with Crippen molar-refractivity contribution in [1.29, 1.82) is 0 Å². The Bertz CT molecular complexity index is 341. The highest BCUT2D eigenvalue weighted by atomic mass is 15.1. The summed E-state index contributed by atoms with van der Waals surface area (Å²) in [4.78, 5) is 6.83. The van der Waals surface area contributed by atoms with Gasteiger partial charge in [0.2, 0.25) is 0 Å². The van der Waals surface area contributed by atoms with Gasteiger partial charge in [-0.3, -0.25) is 9.88 Å². The molecule has 3 nitrogen and oxygen atoms in total. The quantitative estimate of drug-likeness (QED) is 0.828. The molecule has 1 saturated heterocycles. The minimum Gasteiger partial charge on any atom is -0.397 e. The highest BCUT2D eigenvalue weighted by molar-refractivity contribution is 5.41. The number of rotatable bonds is 2. The van der Waals surface area contributed by atoms with Crippen molar-refractivity contribution in [2.75, 3.05) is 18.8 Å². The highest BCUT2D eigenvalue weighted by Crippen LogP contribution is 2.23. The molecule has 2 N–H and O–H groups in total. The molecule has 2 atom stereocenters. The number of nitrogen functional groups attached to an aromatic ring is 1. The lowest BCUT2D eigenvalue weighted by molar-refractivity contribution is 0.133. The Morgan fingerprint density at radius 2 is 2.06 bits per heavy atom. The fraction of sp³-hybridized carbons (Fsp3) is 0.615. The Labute approximate surface area is 97.7 Å². The van der Waals surface area contributed by atoms with Crippen LogP contribution in [0.1, 0.15) is 26.0 Å². The Balaban J connectivity index is 2.02. The van der Waals surface area contributed by atoms with E-state index in [1.54, 1.807) is 0 Å². The van der Waals surface area contributed by atoms with Crippen molar-refractivity contribution >= 4 is 5.69 Å². The van der Waals surface area contributed by atoms with Gasteiger partial charge in [0.15, 0.2) is 0 Å². The molecule has 0 saturated carbocycles. The van der Waals surface area contributed by atoms with Gasteiger partial charge in [0.1, 0.15) is 0 Å². The zero-order valence-electron chi connectivity index (χ0n) is 10.2. The van der Waals surface area contributed by atoms with Crippen LogP contribution in [-0.2, 0) is 6.54 Å². The summed E-state index contributed by atoms with van der Waals surface area (Å²) in [6, 6.07) is 3.82. The molecule has 1 aliphatic heterocycles. The molecule has 1 aliphatic rings. The average Bonchev–Trinajstić information content (AvgIpc) is 2.20. The molecule has 3 heteroatoms. The van der Waals surface area contributed by atoms with Crippen LogP contribution in [0.5, 0.6) is 0 Å². The second-order valence-electron chi connectivity index (χ2n) is 5.18. The molecule has 88 valence electrons. The number of likely N-dealkylation sites (tertiary alicyclic amines) is 1. The monoisotopic (exact) mass is 219 g/mol. The van der Waals surface area contributed by atoms with Gasteiger partial charge in [-0.05, 0) is 30.4 Å². The lowest BCUT2D eigenvalue weighted by Crippen LogP contribution is -2.38. The number of nitrogens with two attached hydrogens (primary N) is 1. The summed E-state index contributed by atoms with van der Waals surface area (Å²) < 4.78 is 0. The van der Waals surface area contributed by atoms with Crippen molar-refractivity contribution in [3.05, 3.63) is 24.0 Å². The van der Waals surface area contributed by atoms with Crippen molar-refractivity contribution in [3.63, 3.8) is 0 Å². The van der Waals surface area contributed by atoms with Crippen molar-refractivity contribution in [1.82, 2.24) is 9.88 Å². The maximum Gasteiger partial charge on any atom is 0.0772 e. The maximum atomic E-state index is 5.92. The van der Waals surface area contributed by atoms with Crippen LogP contribution in [-0.4, -0.2) is 23.0 Å². The van der Waals surface area contributed by atoms with Crippen LogP contribution < -0.4 is 5.73 Å². The van der Waals surface area contributed by atoms with Crippen LogP contribution in [0, 0.1) is 11.8 Å². The van der Waals surface area contributed by atoms with E-state index in [4.69, 9.17) is 5.73 Å². The third-order valence-corrected chi connectivity index (χ3v) is 3.24. The van der Waals surface area contributed by atoms with Crippen molar-refractivity contribution in [3.8, 4) is 0 Å². The molecule has 0 spiro atoms. The predicted molar refractivity (Wildman–Crippen MR) is 66.9 cm³/mol. The van der Waals surface area contributed by atoms with Crippen LogP contribution in [0.15, 0.2) is 18.3 Å². The molecule has 1 aromatic rings. The fourth-order valence-corrected chi connectivity index (χ4v) is 2.72. The first kappa shape index (κ1) is 11.4. The average molecular weight is 219 g/mol. The number of piperidine rings is 1. The van der Waals surface area contributed by atoms with Gasteiger partial charge in [-0.2, -0.15) is 0 Å². The van der Waals surface area contributed by atoms with E-state index >= 15 is 0 Å². The number of pyridine rings is 1. The van der Waals surface area contributed by atoms with Gasteiger partial charge in [-0.25, -0.2) is 0 Å². The van der Waals surface area contributed by atoms with E-state index in [0.29, 0.717) is 0 Å². The van der Waals surface area contributed by atoms with E-state index in [2.05, 4.69) is 23.7 Å². The van der Waals surface area contributed by atoms with Gasteiger partial charge in [0.25, 0.3) is 0 Å². The smallest absolute Gasteiger partial charge is 0.0772 e. The van der Waals surface area contributed by atoms with E-state index in [1.165, 1.54) is 19.5 Å². The zero-order chi connectivity index (χ0) is 11.5. The first-order valence-electron chi connectivity index (χ1n) is 6.07. The molecule has 2 rings (SSSR count). The molecule has 16 heavy (non-hydrogen) atoms. The van der Waals surface area contributed by atoms with Crippen LogP contribution >= 0.6 is 0 Å². The molecule has 0 bridgehead atoms. The van der Waals surface area contributed by atoms with Crippen LogP contribution in [0.3, 0.4) is 0 Å². The number of hydrogen-bond acceptors (Lipinski definition) is 3. The molecule has 0 amide bonds. The van der Waals surface area contributed by atoms with Crippen LogP contribution in [0.25, 0.3) is 0 Å². The normalized spacial score (nSPS) is 26.9. The lowest BCUT2D eigenvalue weighted by atomic mass is 9.92. The topological polar surface area (TPSA) is 42.2 Å². The van der Waals surface area contributed by atoms with E-state index in [-0.39, 0.29) is 0 Å². The van der Waals surface area contributed by atoms with Crippen molar-refractivity contribution in [2.45, 2.75) is 26.8 Å². The Morgan fingerprint density at radius 1 is 1.38 bits per heavy atom. The fourth-order valence-electron chi connectivity index (χ4n) is 2.72. The number of aromatic nitrogens is 1. The number of anilines is 1. The molecule has 1 fully saturated rings. The summed E-state index contributed by atoms with van der Waals surface area (Å²) >= 11 is 0. The number of nitrogens with zero attached hydrogens (tertiary/aromatic N) is 2. The second kappa shape index (κ2) is 4.83. The third-order valence-electron chi connectivity index (χ3n) is 3.24. The third kappa shape index (κ3) is 2.73. The summed E-state index contributed by atoms with van der Waals surface area (Å²) in [5.41, 5.74) is 7.75. The molecular weight excluding hydrogens is 198 g/mol. The minimum atomic E-state index is 0.786. The summed E-state index contributed by atoms with van der Waals surface area (Å²) in [5.74, 6) is 1.57. The summed E-state index contributed by atoms with van der Waals surface area (Å²) in [6.45, 7) is 7.87. The molecule has 2 unspecified atom stereocenters. The summed E-state index contributed by atoms with van der Waals surface area (Å²) in [6.07, 6.45) is 3.16. The van der Waals surface area contributed by atoms with Crippen LogP contribution in [0.4, 0.5) is 5.69 Å². The summed E-state index contributed by atoms with van der Waals surface area (Å²) in [7, 11) is 0. The molecule has 0 aliphatic carbocycles. The maximum absolute atomic E-state index is 5.92. The summed E-state index contributed by atoms with van der Waals surface area (Å²) in [5, 5.41) is 0. The van der Waals surface area contributed by atoms with E-state index in [1.807, 2.05) is 18.3 Å². The zero-order valence-corrected chi connectivity index (χ0v) is 10.2. The SMILES string of the molecule is CC1CC(C)CN(Cc2ncccc2N)C1. The minimum absolute atomic E-state index is 0.786. The lowest BCUT2D eigenvalue weighted by Gasteiger charge is -2.34. The van der Waals surface area contributed by atoms with Gasteiger partial charge < -0.3 is 5.73 Å². The second-order valence-corrected chi connectivity index (χ2v) is 5.18. The first-order chi connectivity index (χ1) is 7.65. The van der Waals surface area contributed by atoms with E-state index in [0.717, 1.165) is 29.8 Å². The molecule has 0 aromatic carbocycles. The molecular formula is C13H21N3. The Kier molecular flexibility index (Phi) is 3.44. The Hall–Kier alpha value is -1.09. The van der Waals surface area contributed by atoms with Crippen molar-refractivity contribution < 1.29 is 0 Å². The van der Waals surface area contributed by atoms with Gasteiger partial charge in [-0.1, -0.05) is 13.8 Å². The first-order valence-corrected chi connectivity index (χ1v) is 6.07. The number of hydrogen-bond donors (Lipinski definition) is 1. The predicted octanol–water partition coefficient (Wildman–Crippen LogP) is 2.14. The van der Waals surface area contributed by atoms with Crippen LogP contribution in [0.2, 0.25) is 0 Å². The van der Waals surface area contributed by atoms with Gasteiger partial charge in [0, 0.05) is 25.8 Å². The van der Waals surface area contributed by atoms with Gasteiger partial charge >= 0.3 is 0 Å². The van der Waals surface area contributed by atoms with E-state index < -0.39 is 0 Å². The molecule has 0 radical (unpaired) electrons. The highest BCUT2D eigenvalue weighted by Gasteiger charge is 2.22. The standard InChI is InChI=1S/C13H21N3/c1-10-6-11(2)8-16(7-10)9-13-12(14)4-3-5-15-13/h3-5,10-11H,6-9,14H2,1-2H3. The van der Waals surface area contributed by atoms with Gasteiger partial charge in [0.05, 0.1) is 11.4 Å². The van der Waals surface area contributed by atoms with E-state index in [9.17, 15) is 0 Å².